The molecule has 0 aliphatic heterocycles. The number of H-pyrrole nitrogens is 1. The first-order valence-electron chi connectivity index (χ1n) is 11.7. The van der Waals surface area contributed by atoms with Gasteiger partial charge in [0.1, 0.15) is 23.1 Å². The maximum Gasteiger partial charge on any atom is 0.264 e. The van der Waals surface area contributed by atoms with Crippen LogP contribution in [-0.4, -0.2) is 40.1 Å². The predicted octanol–water partition coefficient (Wildman–Crippen LogP) is 5.25. The van der Waals surface area contributed by atoms with Gasteiger partial charge in [0, 0.05) is 31.4 Å². The number of nitrogen functional groups attached to an aromatic ring is 1. The number of carbonyl (C=O) groups excluding carboxylic acids is 1. The number of fused-ring (bicyclic) bond motifs is 1. The van der Waals surface area contributed by atoms with E-state index < -0.39 is 0 Å². The third-order valence-corrected chi connectivity index (χ3v) is 6.06. The number of allylic oxidation sites excluding steroid dienone is 5. The molecule has 3 N–H and O–H groups in total. The van der Waals surface area contributed by atoms with Crippen LogP contribution in [0.4, 0.5) is 5.82 Å². The summed E-state index contributed by atoms with van der Waals surface area (Å²) in [6.07, 6.45) is 7.96. The number of aromatic amines is 1. The second-order valence-electron chi connectivity index (χ2n) is 8.74. The highest BCUT2D eigenvalue weighted by molar-refractivity contribution is 6.06. The zero-order chi connectivity index (χ0) is 25.9. The van der Waals surface area contributed by atoms with Crippen LogP contribution < -0.4 is 10.5 Å². The first kappa shape index (κ1) is 23.6. The fourth-order valence-corrected chi connectivity index (χ4v) is 4.22. The van der Waals surface area contributed by atoms with Gasteiger partial charge in [-0.3, -0.25) is 14.9 Å². The van der Waals surface area contributed by atoms with Gasteiger partial charge < -0.3 is 15.4 Å². The Morgan fingerprint density at radius 3 is 2.54 bits per heavy atom. The summed E-state index contributed by atoms with van der Waals surface area (Å²) in [4.78, 5) is 18.6. The summed E-state index contributed by atoms with van der Waals surface area (Å²) in [5.74, 6) is 1.47. The molecule has 0 atom stereocenters. The Kier molecular flexibility index (Phi) is 6.27. The minimum Gasteiger partial charge on any atom is -0.457 e. The van der Waals surface area contributed by atoms with Crippen LogP contribution >= 0.6 is 0 Å². The number of nitrogens with zero attached hydrogens (tertiary/aromatic N) is 4. The smallest absolute Gasteiger partial charge is 0.264 e. The fourth-order valence-electron chi connectivity index (χ4n) is 4.22. The highest BCUT2D eigenvalue weighted by Crippen LogP contribution is 2.36. The maximum absolute atomic E-state index is 12.5. The molecule has 5 rings (SSSR count). The lowest BCUT2D eigenvalue weighted by molar-refractivity contribution is -0.124. The molecule has 0 unspecified atom stereocenters. The van der Waals surface area contributed by atoms with E-state index in [0.717, 1.165) is 28.0 Å². The summed E-state index contributed by atoms with van der Waals surface area (Å²) >= 11 is 0. The summed E-state index contributed by atoms with van der Waals surface area (Å²) in [6.45, 7) is 0. The molecule has 0 saturated carbocycles. The van der Waals surface area contributed by atoms with E-state index in [2.05, 4.69) is 16.3 Å². The third kappa shape index (κ3) is 4.58. The van der Waals surface area contributed by atoms with Gasteiger partial charge in [-0.2, -0.15) is 10.4 Å². The summed E-state index contributed by atoms with van der Waals surface area (Å²) in [5.41, 5.74) is 10.9. The van der Waals surface area contributed by atoms with Crippen LogP contribution in [0.3, 0.4) is 0 Å². The van der Waals surface area contributed by atoms with Crippen molar-refractivity contribution in [2.24, 2.45) is 0 Å². The first-order valence-corrected chi connectivity index (χ1v) is 11.7. The summed E-state index contributed by atoms with van der Waals surface area (Å²) in [6, 6.07) is 19.3. The molecule has 1 aliphatic carbocycles. The van der Waals surface area contributed by atoms with Gasteiger partial charge in [0.15, 0.2) is 5.82 Å². The average Bonchev–Trinajstić information content (AvgIpc) is 3.31. The van der Waals surface area contributed by atoms with E-state index in [1.807, 2.05) is 72.8 Å². The van der Waals surface area contributed by atoms with Crippen LogP contribution in [-0.2, 0) is 4.79 Å². The van der Waals surface area contributed by atoms with Crippen LogP contribution in [0.15, 0.2) is 90.2 Å². The van der Waals surface area contributed by atoms with Gasteiger partial charge in [0.25, 0.3) is 5.91 Å². The number of nitrogens with one attached hydrogen (secondary N) is 1. The maximum atomic E-state index is 12.5. The highest BCUT2D eigenvalue weighted by Gasteiger charge is 2.20. The van der Waals surface area contributed by atoms with Crippen molar-refractivity contribution in [2.75, 3.05) is 19.8 Å². The molecule has 37 heavy (non-hydrogen) atoms. The lowest BCUT2D eigenvalue weighted by Crippen LogP contribution is -2.24. The van der Waals surface area contributed by atoms with Crippen molar-refractivity contribution in [3.8, 4) is 28.8 Å². The Morgan fingerprint density at radius 2 is 1.84 bits per heavy atom. The number of anilines is 1. The molecule has 182 valence electrons. The monoisotopic (exact) mass is 488 g/mol. The SMILES string of the molecule is CN(C)C(=O)C(C#N)=C1C=C(c2cnc(-c3ccc(Oc4ccccc4)cc3)c3c(N)n[nH]c23)C=CC1. The van der Waals surface area contributed by atoms with Gasteiger partial charge >= 0.3 is 0 Å². The van der Waals surface area contributed by atoms with Crippen molar-refractivity contribution in [2.45, 2.75) is 6.42 Å². The lowest BCUT2D eigenvalue weighted by Gasteiger charge is -2.15. The minimum atomic E-state index is -0.326. The minimum absolute atomic E-state index is 0.120. The molecule has 0 radical (unpaired) electrons. The average molecular weight is 489 g/mol. The van der Waals surface area contributed by atoms with E-state index in [0.29, 0.717) is 34.6 Å². The van der Waals surface area contributed by atoms with Crippen LogP contribution in [0.1, 0.15) is 12.0 Å². The number of hydrogen-bond acceptors (Lipinski definition) is 6. The molecule has 8 heteroatoms. The number of para-hydroxylation sites is 1. The number of nitriles is 1. The molecule has 2 aromatic heterocycles. The molecule has 0 bridgehead atoms. The molecular weight excluding hydrogens is 464 g/mol. The molecule has 8 nitrogen and oxygen atoms in total. The molecule has 2 heterocycles. The molecule has 0 spiro atoms. The predicted molar refractivity (Wildman–Crippen MR) is 143 cm³/mol. The summed E-state index contributed by atoms with van der Waals surface area (Å²) in [5, 5.41) is 17.6. The number of rotatable bonds is 5. The Morgan fingerprint density at radius 1 is 1.11 bits per heavy atom. The van der Waals surface area contributed by atoms with E-state index in [1.54, 1.807) is 20.3 Å². The number of amides is 1. The van der Waals surface area contributed by atoms with Crippen LogP contribution in [0.25, 0.3) is 27.7 Å². The van der Waals surface area contributed by atoms with E-state index in [4.69, 9.17) is 15.5 Å². The van der Waals surface area contributed by atoms with E-state index in [-0.39, 0.29) is 11.5 Å². The van der Waals surface area contributed by atoms with Crippen molar-refractivity contribution in [1.82, 2.24) is 20.1 Å². The molecule has 0 fully saturated rings. The number of benzene rings is 2. The second-order valence-corrected chi connectivity index (χ2v) is 8.74. The lowest BCUT2D eigenvalue weighted by atomic mass is 9.92. The van der Waals surface area contributed by atoms with Gasteiger partial charge in [-0.1, -0.05) is 30.4 Å². The molecule has 1 amide bonds. The highest BCUT2D eigenvalue weighted by atomic mass is 16.5. The van der Waals surface area contributed by atoms with Crippen molar-refractivity contribution in [3.63, 3.8) is 0 Å². The fraction of sp³-hybridized carbons (Fsp3) is 0.103. The number of ether oxygens (including phenoxy) is 1. The largest absolute Gasteiger partial charge is 0.457 e. The van der Waals surface area contributed by atoms with Gasteiger partial charge in [0.2, 0.25) is 0 Å². The van der Waals surface area contributed by atoms with Crippen molar-refractivity contribution < 1.29 is 9.53 Å². The molecule has 4 aromatic rings. The zero-order valence-electron chi connectivity index (χ0n) is 20.4. The van der Waals surface area contributed by atoms with Crippen molar-refractivity contribution in [3.05, 3.63) is 95.7 Å². The second kappa shape index (κ2) is 9.84. The van der Waals surface area contributed by atoms with Crippen molar-refractivity contribution >= 4 is 28.2 Å². The number of nitrogens with two attached hydrogens (primary N) is 1. The molecule has 0 saturated heterocycles. The topological polar surface area (TPSA) is 121 Å². The van der Waals surface area contributed by atoms with Gasteiger partial charge in [-0.15, -0.1) is 0 Å². The summed E-state index contributed by atoms with van der Waals surface area (Å²) < 4.78 is 5.90. The van der Waals surface area contributed by atoms with Crippen LogP contribution in [0.2, 0.25) is 0 Å². The van der Waals surface area contributed by atoms with Crippen molar-refractivity contribution in [1.29, 1.82) is 5.26 Å². The molecule has 2 aromatic carbocycles. The Labute approximate surface area is 214 Å². The number of hydrogen-bond donors (Lipinski definition) is 2. The first-order chi connectivity index (χ1) is 18.0. The van der Waals surface area contributed by atoms with Gasteiger partial charge in [0.05, 0.1) is 16.6 Å². The Hall–Kier alpha value is -5.16. The Bertz CT molecular complexity index is 1620. The van der Waals surface area contributed by atoms with E-state index in [9.17, 15) is 10.1 Å². The molecule has 1 aliphatic rings. The standard InChI is InChI=1S/C29H24N6O2/c1-35(2)29(36)23(16-30)19-7-6-8-20(15-19)24-17-32-26(25-27(24)33-34-28(25)31)18-11-13-22(14-12-18)37-21-9-4-3-5-10-21/h3-6,8-15,17H,7H2,1-2H3,(H3,31,33,34). The third-order valence-electron chi connectivity index (χ3n) is 6.06. The van der Waals surface area contributed by atoms with E-state index >= 15 is 0 Å². The number of pyridine rings is 1. The van der Waals surface area contributed by atoms with Crippen LogP contribution in [0, 0.1) is 11.3 Å². The normalized spacial score (nSPS) is 14.1. The number of aromatic nitrogens is 3. The number of carbonyl (C=O) groups is 1. The Balaban J connectivity index is 1.53. The van der Waals surface area contributed by atoms with Gasteiger partial charge in [-0.25, -0.2) is 0 Å². The summed E-state index contributed by atoms with van der Waals surface area (Å²) in [7, 11) is 3.26. The quantitative estimate of drug-likeness (QED) is 0.292. The molecular formula is C29H24N6O2. The van der Waals surface area contributed by atoms with Gasteiger partial charge in [-0.05, 0) is 60.0 Å². The zero-order valence-corrected chi connectivity index (χ0v) is 20.4. The number of likely N-dealkylation sites (N-methyl/N-ethyl adjacent to an activating group) is 1. The van der Waals surface area contributed by atoms with E-state index in [1.165, 1.54) is 4.90 Å². The van der Waals surface area contributed by atoms with Crippen LogP contribution in [0.5, 0.6) is 11.5 Å².